The van der Waals surface area contributed by atoms with Crippen LogP contribution in [0.5, 0.6) is 5.75 Å². The number of carbonyl (C=O) groups is 6. The fourth-order valence-electron chi connectivity index (χ4n) is 10.2. The van der Waals surface area contributed by atoms with Crippen LogP contribution in [0.3, 0.4) is 0 Å². The number of epoxide rings is 1. The first-order valence-corrected chi connectivity index (χ1v) is 29.7. The van der Waals surface area contributed by atoms with Crippen molar-refractivity contribution >= 4 is 74.0 Å². The van der Waals surface area contributed by atoms with Gasteiger partial charge in [-0.05, 0) is 75.9 Å². The molecule has 0 radical (unpaired) electrons. The Bertz CT molecular complexity index is 3020. The van der Waals surface area contributed by atoms with Crippen LogP contribution in [-0.4, -0.2) is 197 Å². The Kier molecular flexibility index (Phi) is 23.7. The lowest BCUT2D eigenvalue weighted by atomic mass is 9.83. The maximum atomic E-state index is 14.4. The van der Waals surface area contributed by atoms with Crippen LogP contribution in [0.15, 0.2) is 66.3 Å². The average Bonchev–Trinajstić information content (AvgIpc) is 1.69. The number of halogens is 1. The average molecular weight is 1220 g/mol. The van der Waals surface area contributed by atoms with Crippen LogP contribution in [-0.2, 0) is 81.9 Å². The number of para-hydroxylation sites is 1. The topological polar surface area (TPSA) is 308 Å². The van der Waals surface area contributed by atoms with Crippen molar-refractivity contribution < 1.29 is 80.6 Å². The molecule has 1 aromatic heterocycles. The van der Waals surface area contributed by atoms with E-state index >= 15 is 0 Å². The third-order valence-corrected chi connectivity index (χ3v) is 17.7. The minimum absolute atomic E-state index is 0.0116. The van der Waals surface area contributed by atoms with Gasteiger partial charge in [0.1, 0.15) is 46.8 Å². The number of aryl methyl sites for hydroxylation is 1. The molecule has 84 heavy (non-hydrogen) atoms. The predicted octanol–water partition coefficient (Wildman–Crippen LogP) is 3.43. The van der Waals surface area contributed by atoms with E-state index in [0.29, 0.717) is 30.9 Å². The number of allylic oxidation sites excluding steroid dienone is 3. The largest absolute Gasteiger partial charge is 0.495 e. The summed E-state index contributed by atoms with van der Waals surface area (Å²) >= 11 is 6.81. The number of carbonyl (C=O) groups excluding carboxylic acids is 5. The lowest BCUT2D eigenvalue weighted by molar-refractivity contribution is -0.157. The molecule has 2 saturated heterocycles. The molecule has 3 aromatic rings. The van der Waals surface area contributed by atoms with E-state index in [4.69, 9.17) is 44.8 Å². The molecule has 25 nitrogen and oxygen atoms in total. The molecule has 464 valence electrons. The lowest BCUT2D eigenvalue weighted by Crippen LogP contribution is -2.63. The van der Waals surface area contributed by atoms with E-state index in [1.54, 1.807) is 38.1 Å². The number of hydrogen-bond donors (Lipinski definition) is 6. The number of hydrazine groups is 1. The second kappa shape index (κ2) is 29.7. The molecular formula is C57H81ClN8O17S. The van der Waals surface area contributed by atoms with E-state index in [1.165, 1.54) is 40.1 Å². The highest BCUT2D eigenvalue weighted by atomic mass is 35.5. The first-order chi connectivity index (χ1) is 39.7. The standard InChI is InChI=1S/C57H81ClN8O17S/c1-35-14-13-17-46(78-10)57(74)33-45(81-55(73)62-57)36(2)52-56(4,83-52)47(32-49(68)64(7)43-29-38(28-35)30-44(77-9)51(43)58)82-54(72)37(3)65(8)84(75,76)27-26-80-25-24-79-23-21-60-53(71)41(18-19-50(69)70)61-48(67)20-22-66-40(34-63(6)59-5)31-39-15-11-12-16-42(39)66/h11-17,29-31,36-37,41,45-47,52,59,74H,18-28,32-34H2,1-10H3,(H,60,71)(H,61,67)(H,62,73)(H,69,70)/b17-13+,35-14+/t36-,37+,41+,45+,46-,47+,52+,56?,57+/m1/s1. The molecule has 6 N–H and O–H groups in total. The molecule has 0 spiro atoms. The monoisotopic (exact) mass is 1220 g/mol. The highest BCUT2D eigenvalue weighted by molar-refractivity contribution is 7.89. The van der Waals surface area contributed by atoms with Gasteiger partial charge in [-0.1, -0.05) is 60.5 Å². The number of sulfonamides is 1. The smallest absolute Gasteiger partial charge is 0.409 e. The SMILES string of the molecule is CNN(C)Cc1cc2ccccc2n1CCC(=O)N[C@@H](CCC(=O)O)C(=O)NCCOCCOCCS(=O)(=O)N(C)[C@@H](C)C(=O)O[C@H]1CC(=O)N(C)c2cc(cc(OC)c2Cl)C/C(C)=C/C=C/[C@@H](OC)[C@@]2(O)C[C@H](OC(=O)N2)[C@@H](C)[C@@H]2OC12C. The highest BCUT2D eigenvalue weighted by Crippen LogP contribution is 2.49. The zero-order chi connectivity index (χ0) is 61.7. The van der Waals surface area contributed by atoms with E-state index in [1.807, 2.05) is 60.9 Å². The van der Waals surface area contributed by atoms with E-state index in [2.05, 4.69) is 27.4 Å². The highest BCUT2D eigenvalue weighted by Gasteiger charge is 2.64. The fourth-order valence-corrected chi connectivity index (χ4v) is 11.7. The van der Waals surface area contributed by atoms with Crippen molar-refractivity contribution in [3.8, 4) is 5.75 Å². The number of hydrogen-bond acceptors (Lipinski definition) is 18. The number of alkyl carbamates (subject to hydrolysis) is 1. The number of nitrogens with one attached hydrogen (secondary N) is 4. The van der Waals surface area contributed by atoms with Crippen molar-refractivity contribution in [1.82, 2.24) is 35.3 Å². The molecule has 1 unspecified atom stereocenters. The van der Waals surface area contributed by atoms with Crippen molar-refractivity contribution in [2.45, 2.75) is 127 Å². The number of benzene rings is 2. The summed E-state index contributed by atoms with van der Waals surface area (Å²) in [6, 6.07) is 10.8. The van der Waals surface area contributed by atoms with Crippen molar-refractivity contribution in [2.75, 3.05) is 86.0 Å². The Balaban J connectivity index is 1.02. The Hall–Kier alpha value is -6.20. The molecule has 9 atom stereocenters. The molecule has 4 amide bonds. The summed E-state index contributed by atoms with van der Waals surface area (Å²) in [5.74, 6) is -4.57. The molecular weight excluding hydrogens is 1140 g/mol. The van der Waals surface area contributed by atoms with Gasteiger partial charge in [0, 0.05) is 77.7 Å². The summed E-state index contributed by atoms with van der Waals surface area (Å²) in [7, 11) is 5.09. The summed E-state index contributed by atoms with van der Waals surface area (Å²) in [5.41, 5.74) is 3.61. The van der Waals surface area contributed by atoms with Crippen molar-refractivity contribution in [3.05, 3.63) is 82.5 Å². The first kappa shape index (κ1) is 66.9. The summed E-state index contributed by atoms with van der Waals surface area (Å²) < 4.78 is 70.5. The van der Waals surface area contributed by atoms with Crippen LogP contribution in [0.25, 0.3) is 10.9 Å². The molecule has 4 bridgehead atoms. The quantitative estimate of drug-likeness (QED) is 0.0290. The molecule has 3 aliphatic heterocycles. The molecule has 2 aromatic carbocycles. The van der Waals surface area contributed by atoms with E-state index in [0.717, 1.165) is 32.0 Å². The maximum absolute atomic E-state index is 14.4. The molecule has 0 aliphatic carbocycles. The van der Waals surface area contributed by atoms with Gasteiger partial charge in [-0.3, -0.25) is 34.7 Å². The zero-order valence-corrected chi connectivity index (χ0v) is 50.9. The summed E-state index contributed by atoms with van der Waals surface area (Å²) in [5, 5.41) is 32.1. The first-order valence-electron chi connectivity index (χ1n) is 27.7. The van der Waals surface area contributed by atoms with Gasteiger partial charge in [0.25, 0.3) is 0 Å². The molecule has 0 saturated carbocycles. The number of esters is 1. The van der Waals surface area contributed by atoms with Crippen LogP contribution < -0.4 is 31.0 Å². The molecule has 2 fully saturated rings. The Labute approximate surface area is 495 Å². The summed E-state index contributed by atoms with van der Waals surface area (Å²) in [6.45, 7) is 7.18. The minimum atomic E-state index is -4.17. The number of fused-ring (bicyclic) bond motifs is 6. The number of nitrogens with zero attached hydrogens (tertiary/aromatic N) is 4. The number of likely N-dealkylation sites (N-methyl/N-ethyl adjacent to an activating group) is 1. The van der Waals surface area contributed by atoms with Crippen LogP contribution in [0.4, 0.5) is 10.5 Å². The normalized spacial score (nSPS) is 24.7. The number of ether oxygens (including phenoxy) is 7. The Morgan fingerprint density at radius 2 is 1.75 bits per heavy atom. The fraction of sp³-hybridized carbons (Fsp3) is 0.579. The Morgan fingerprint density at radius 3 is 2.44 bits per heavy atom. The number of amides is 4. The van der Waals surface area contributed by atoms with Gasteiger partial charge in [0.2, 0.25) is 27.7 Å². The van der Waals surface area contributed by atoms with Crippen LogP contribution in [0.2, 0.25) is 5.02 Å². The molecule has 6 rings (SSSR count). The van der Waals surface area contributed by atoms with Crippen LogP contribution >= 0.6 is 11.6 Å². The van der Waals surface area contributed by atoms with Gasteiger partial charge in [-0.2, -0.15) is 4.31 Å². The predicted molar refractivity (Wildman–Crippen MR) is 310 cm³/mol. The number of aromatic nitrogens is 1. The number of anilines is 1. The van der Waals surface area contributed by atoms with Gasteiger partial charge in [-0.15, -0.1) is 0 Å². The minimum Gasteiger partial charge on any atom is -0.495 e. The molecule has 3 aliphatic rings. The van der Waals surface area contributed by atoms with E-state index < -0.39 is 112 Å². The van der Waals surface area contributed by atoms with Crippen LogP contribution in [0, 0.1) is 5.92 Å². The number of methoxy groups -OCH3 is 2. The third kappa shape index (κ3) is 17.2. The second-order valence-corrected chi connectivity index (χ2v) is 24.0. The zero-order valence-electron chi connectivity index (χ0n) is 49.3. The Morgan fingerprint density at radius 1 is 1.04 bits per heavy atom. The van der Waals surface area contributed by atoms with Gasteiger partial charge in [0.05, 0.1) is 64.0 Å². The van der Waals surface area contributed by atoms with Crippen molar-refractivity contribution in [2.24, 2.45) is 5.92 Å². The van der Waals surface area contributed by atoms with Gasteiger partial charge in [-0.25, -0.2) is 18.2 Å². The maximum Gasteiger partial charge on any atom is 0.409 e. The third-order valence-electron chi connectivity index (χ3n) is 15.5. The van der Waals surface area contributed by atoms with Crippen LogP contribution in [0.1, 0.15) is 71.1 Å². The number of carboxylic acids is 1. The number of aliphatic carboxylic acids is 1. The van der Waals surface area contributed by atoms with Gasteiger partial charge in [0.15, 0.2) is 5.72 Å². The summed E-state index contributed by atoms with van der Waals surface area (Å²) in [6.07, 6.45) is -0.531. The second-order valence-electron chi connectivity index (χ2n) is 21.5. The molecule has 27 heteroatoms. The van der Waals surface area contributed by atoms with Gasteiger partial charge >= 0.3 is 18.0 Å². The van der Waals surface area contributed by atoms with E-state index in [-0.39, 0.29) is 63.7 Å². The number of carboxylic acid groups (broad SMARTS) is 1. The van der Waals surface area contributed by atoms with E-state index in [9.17, 15) is 47.4 Å². The number of rotatable bonds is 26. The summed E-state index contributed by atoms with van der Waals surface area (Å²) in [4.78, 5) is 80.7. The number of aliphatic hydroxyl groups is 1. The van der Waals surface area contributed by atoms with Crippen molar-refractivity contribution in [1.29, 1.82) is 0 Å². The van der Waals surface area contributed by atoms with Gasteiger partial charge < -0.3 is 63.5 Å². The van der Waals surface area contributed by atoms with Crippen molar-refractivity contribution in [3.63, 3.8) is 0 Å². The molecule has 4 heterocycles. The lowest BCUT2D eigenvalue weighted by Gasteiger charge is -2.42.